The summed E-state index contributed by atoms with van der Waals surface area (Å²) < 4.78 is 0. The second-order valence-corrected chi connectivity index (χ2v) is 8.39. The van der Waals surface area contributed by atoms with Crippen molar-refractivity contribution in [1.82, 2.24) is 15.0 Å². The van der Waals surface area contributed by atoms with Crippen molar-refractivity contribution in [2.24, 2.45) is 0 Å². The summed E-state index contributed by atoms with van der Waals surface area (Å²) in [6.07, 6.45) is 1.74. The van der Waals surface area contributed by atoms with Crippen LogP contribution in [0.1, 0.15) is 0 Å². The SMILES string of the molecule is Nc1nc(-c2ccccc2)c(-c2cc(Cl)c3ncccc3c2)nc1Sc1ccccc1. The highest BCUT2D eigenvalue weighted by Gasteiger charge is 2.17. The Bertz CT molecular complexity index is 1380. The molecule has 2 heterocycles. The molecule has 150 valence electrons. The molecule has 0 fully saturated rings. The molecule has 0 aliphatic heterocycles. The highest BCUT2D eigenvalue weighted by molar-refractivity contribution is 7.99. The lowest BCUT2D eigenvalue weighted by atomic mass is 10.0. The monoisotopic (exact) mass is 440 g/mol. The van der Waals surface area contributed by atoms with Crippen molar-refractivity contribution >= 4 is 40.1 Å². The van der Waals surface area contributed by atoms with E-state index in [1.54, 1.807) is 6.20 Å². The van der Waals surface area contributed by atoms with Crippen LogP contribution in [0.3, 0.4) is 0 Å². The van der Waals surface area contributed by atoms with Crippen molar-refractivity contribution in [2.75, 3.05) is 5.73 Å². The standard InChI is InChI=1S/C25H17ClN4S/c26-20-15-18(14-17-10-7-13-28-21(17)20)23-22(16-8-3-1-4-9-16)29-24(27)25(30-23)31-19-11-5-2-6-12-19/h1-15H,(H2,27,29). The van der Waals surface area contributed by atoms with Gasteiger partial charge in [0.2, 0.25) is 0 Å². The van der Waals surface area contributed by atoms with Crippen LogP contribution in [0.15, 0.2) is 101 Å². The molecule has 4 nitrogen and oxygen atoms in total. The third kappa shape index (κ3) is 3.98. The third-order valence-electron chi connectivity index (χ3n) is 4.83. The zero-order valence-corrected chi connectivity index (χ0v) is 17.9. The Hall–Kier alpha value is -3.41. The molecule has 2 N–H and O–H groups in total. The molecule has 0 unspecified atom stereocenters. The first-order valence-corrected chi connectivity index (χ1v) is 10.9. The first-order valence-electron chi connectivity index (χ1n) is 9.69. The molecule has 31 heavy (non-hydrogen) atoms. The van der Waals surface area contributed by atoms with Crippen LogP contribution in [-0.2, 0) is 0 Å². The summed E-state index contributed by atoms with van der Waals surface area (Å²) in [7, 11) is 0. The Morgan fingerprint density at radius 3 is 2.23 bits per heavy atom. The molecule has 0 amide bonds. The topological polar surface area (TPSA) is 64.7 Å². The Kier molecular flexibility index (Phi) is 5.28. The van der Waals surface area contributed by atoms with Gasteiger partial charge in [-0.1, -0.05) is 78.0 Å². The van der Waals surface area contributed by atoms with Crippen LogP contribution < -0.4 is 5.73 Å². The van der Waals surface area contributed by atoms with Gasteiger partial charge < -0.3 is 5.73 Å². The van der Waals surface area contributed by atoms with Gasteiger partial charge in [-0.15, -0.1) is 0 Å². The molecule has 0 saturated heterocycles. The summed E-state index contributed by atoms with van der Waals surface area (Å²) in [6.45, 7) is 0. The fourth-order valence-electron chi connectivity index (χ4n) is 3.39. The van der Waals surface area contributed by atoms with E-state index in [1.807, 2.05) is 84.9 Å². The number of benzene rings is 3. The van der Waals surface area contributed by atoms with Crippen LogP contribution in [0.5, 0.6) is 0 Å². The van der Waals surface area contributed by atoms with Gasteiger partial charge in [0.05, 0.1) is 21.9 Å². The zero-order valence-electron chi connectivity index (χ0n) is 16.4. The van der Waals surface area contributed by atoms with Crippen molar-refractivity contribution in [3.05, 3.63) is 96.1 Å². The fraction of sp³-hybridized carbons (Fsp3) is 0. The Balaban J connectivity index is 1.72. The smallest absolute Gasteiger partial charge is 0.157 e. The summed E-state index contributed by atoms with van der Waals surface area (Å²) in [4.78, 5) is 15.2. The summed E-state index contributed by atoms with van der Waals surface area (Å²) in [5, 5.41) is 2.17. The molecule has 2 aromatic heterocycles. The van der Waals surface area contributed by atoms with Gasteiger partial charge in [0.1, 0.15) is 5.03 Å². The van der Waals surface area contributed by atoms with Crippen molar-refractivity contribution < 1.29 is 0 Å². The maximum atomic E-state index is 6.57. The maximum Gasteiger partial charge on any atom is 0.157 e. The molecule has 6 heteroatoms. The van der Waals surface area contributed by atoms with E-state index in [-0.39, 0.29) is 0 Å². The van der Waals surface area contributed by atoms with Crippen LogP contribution in [0.25, 0.3) is 33.4 Å². The van der Waals surface area contributed by atoms with Crippen molar-refractivity contribution in [3.63, 3.8) is 0 Å². The van der Waals surface area contributed by atoms with Crippen LogP contribution in [0.2, 0.25) is 5.02 Å². The van der Waals surface area contributed by atoms with Gasteiger partial charge in [-0.2, -0.15) is 0 Å². The summed E-state index contributed by atoms with van der Waals surface area (Å²) in [5.41, 5.74) is 10.4. The number of rotatable bonds is 4. The second-order valence-electron chi connectivity index (χ2n) is 6.93. The zero-order chi connectivity index (χ0) is 21.2. The van der Waals surface area contributed by atoms with E-state index < -0.39 is 0 Å². The number of nitrogens with two attached hydrogens (primary N) is 1. The average Bonchev–Trinajstić information content (AvgIpc) is 2.81. The minimum atomic E-state index is 0.394. The van der Waals surface area contributed by atoms with Crippen LogP contribution in [-0.4, -0.2) is 15.0 Å². The molecule has 0 aliphatic carbocycles. The molecule has 0 spiro atoms. The highest BCUT2D eigenvalue weighted by atomic mass is 35.5. The maximum absolute atomic E-state index is 6.57. The Labute approximate surface area is 189 Å². The number of hydrogen-bond donors (Lipinski definition) is 1. The molecule has 0 bridgehead atoms. The van der Waals surface area contributed by atoms with Crippen LogP contribution >= 0.6 is 23.4 Å². The average molecular weight is 441 g/mol. The number of hydrogen-bond acceptors (Lipinski definition) is 5. The van der Waals surface area contributed by atoms with Crippen molar-refractivity contribution in [1.29, 1.82) is 0 Å². The number of nitrogens with zero attached hydrogens (tertiary/aromatic N) is 3. The van der Waals surface area contributed by atoms with E-state index in [2.05, 4.69) is 4.98 Å². The molecule has 5 rings (SSSR count). The number of halogens is 1. The van der Waals surface area contributed by atoms with E-state index in [1.165, 1.54) is 11.8 Å². The molecular weight excluding hydrogens is 424 g/mol. The normalized spacial score (nSPS) is 11.0. The van der Waals surface area contributed by atoms with E-state index in [9.17, 15) is 0 Å². The molecule has 3 aromatic carbocycles. The van der Waals surface area contributed by atoms with E-state index in [0.717, 1.165) is 38.3 Å². The predicted octanol–water partition coefficient (Wildman–Crippen LogP) is 6.75. The highest BCUT2D eigenvalue weighted by Crippen LogP contribution is 2.38. The van der Waals surface area contributed by atoms with Gasteiger partial charge in [-0.25, -0.2) is 9.97 Å². The minimum absolute atomic E-state index is 0.394. The van der Waals surface area contributed by atoms with Gasteiger partial charge in [0, 0.05) is 27.6 Å². The Morgan fingerprint density at radius 1 is 0.742 bits per heavy atom. The first-order chi connectivity index (χ1) is 15.2. The fourth-order valence-corrected chi connectivity index (χ4v) is 4.47. The van der Waals surface area contributed by atoms with Gasteiger partial charge in [0.25, 0.3) is 0 Å². The van der Waals surface area contributed by atoms with Crippen LogP contribution in [0.4, 0.5) is 5.82 Å². The molecular formula is C25H17ClN4S. The number of pyridine rings is 1. The van der Waals surface area contributed by atoms with Gasteiger partial charge >= 0.3 is 0 Å². The van der Waals surface area contributed by atoms with Gasteiger partial charge in [0.15, 0.2) is 5.82 Å². The third-order valence-corrected chi connectivity index (χ3v) is 6.12. The quantitative estimate of drug-likeness (QED) is 0.335. The molecule has 0 aliphatic rings. The minimum Gasteiger partial charge on any atom is -0.381 e. The summed E-state index contributed by atoms with van der Waals surface area (Å²) >= 11 is 8.06. The number of nitrogen functional groups attached to an aromatic ring is 1. The lowest BCUT2D eigenvalue weighted by Gasteiger charge is -2.14. The molecule has 0 radical (unpaired) electrons. The molecule has 0 atom stereocenters. The molecule has 5 aromatic rings. The predicted molar refractivity (Wildman–Crippen MR) is 128 cm³/mol. The second kappa shape index (κ2) is 8.38. The number of aromatic nitrogens is 3. The Morgan fingerprint density at radius 2 is 1.45 bits per heavy atom. The van der Waals surface area contributed by atoms with Gasteiger partial charge in [-0.3, -0.25) is 4.98 Å². The van der Waals surface area contributed by atoms with Crippen molar-refractivity contribution in [3.8, 4) is 22.5 Å². The first kappa shape index (κ1) is 19.5. The van der Waals surface area contributed by atoms with E-state index in [4.69, 9.17) is 27.3 Å². The molecule has 0 saturated carbocycles. The van der Waals surface area contributed by atoms with Crippen molar-refractivity contribution in [2.45, 2.75) is 9.92 Å². The lowest BCUT2D eigenvalue weighted by molar-refractivity contribution is 1.08. The lowest BCUT2D eigenvalue weighted by Crippen LogP contribution is -2.02. The van der Waals surface area contributed by atoms with Crippen LogP contribution in [0, 0.1) is 0 Å². The number of fused-ring (bicyclic) bond motifs is 1. The van der Waals surface area contributed by atoms with E-state index in [0.29, 0.717) is 15.9 Å². The van der Waals surface area contributed by atoms with E-state index >= 15 is 0 Å². The largest absolute Gasteiger partial charge is 0.381 e. The van der Waals surface area contributed by atoms with Gasteiger partial charge in [-0.05, 0) is 30.3 Å². The summed E-state index contributed by atoms with van der Waals surface area (Å²) in [6, 6.07) is 27.7. The number of anilines is 1. The summed E-state index contributed by atoms with van der Waals surface area (Å²) in [5.74, 6) is 0.394.